The number of hydrogen-bond acceptors (Lipinski definition) is 3. The molecule has 58 valence electrons. The largest absolute Gasteiger partial charge is 0.352 e. The van der Waals surface area contributed by atoms with Crippen molar-refractivity contribution in [2.75, 3.05) is 11.5 Å². The third-order valence-corrected chi connectivity index (χ3v) is 3.08. The summed E-state index contributed by atoms with van der Waals surface area (Å²) in [5, 5.41) is 2.29. The average Bonchev–Trinajstić information content (AvgIpc) is 1.57. The number of amides is 2. The van der Waals surface area contributed by atoms with Gasteiger partial charge in [-0.1, -0.05) is 0 Å². The van der Waals surface area contributed by atoms with Gasteiger partial charge in [0.05, 0.1) is 17.5 Å². The van der Waals surface area contributed by atoms with Gasteiger partial charge in [0.25, 0.3) is 0 Å². The summed E-state index contributed by atoms with van der Waals surface area (Å²) in [5.41, 5.74) is 4.75. The van der Waals surface area contributed by atoms with Gasteiger partial charge in [-0.05, 0) is 0 Å². The van der Waals surface area contributed by atoms with Crippen molar-refractivity contribution in [2.45, 2.75) is 6.04 Å². The van der Waals surface area contributed by atoms with Crippen LogP contribution in [-0.4, -0.2) is 32.0 Å². The van der Waals surface area contributed by atoms with Crippen LogP contribution in [-0.2, 0) is 9.84 Å². The molecule has 2 amide bonds. The molecule has 1 fully saturated rings. The number of carbonyl (C=O) groups is 1. The van der Waals surface area contributed by atoms with E-state index >= 15 is 0 Å². The smallest absolute Gasteiger partial charge is 0.312 e. The summed E-state index contributed by atoms with van der Waals surface area (Å²) in [6, 6.07) is -0.928. The number of nitrogens with one attached hydrogen (secondary N) is 1. The molecule has 0 saturated carbocycles. The van der Waals surface area contributed by atoms with Crippen LogP contribution in [0.3, 0.4) is 0 Å². The van der Waals surface area contributed by atoms with Crippen LogP contribution in [0.15, 0.2) is 0 Å². The Morgan fingerprint density at radius 2 is 2.00 bits per heavy atom. The van der Waals surface area contributed by atoms with Crippen molar-refractivity contribution in [1.29, 1.82) is 0 Å². The van der Waals surface area contributed by atoms with Crippen molar-refractivity contribution >= 4 is 15.9 Å². The number of rotatable bonds is 1. The van der Waals surface area contributed by atoms with E-state index in [9.17, 15) is 13.2 Å². The van der Waals surface area contributed by atoms with Crippen LogP contribution in [0.5, 0.6) is 0 Å². The Hall–Kier alpha value is -0.780. The van der Waals surface area contributed by atoms with Crippen LogP contribution in [0.2, 0.25) is 0 Å². The maximum atomic E-state index is 10.5. The first kappa shape index (κ1) is 7.33. The van der Waals surface area contributed by atoms with Crippen molar-refractivity contribution < 1.29 is 13.2 Å². The SMILES string of the molecule is NC(=O)NC1CS(=O)(=O)C1. The Morgan fingerprint density at radius 1 is 1.50 bits per heavy atom. The van der Waals surface area contributed by atoms with Crippen molar-refractivity contribution in [3.05, 3.63) is 0 Å². The number of primary amides is 1. The molecule has 1 rings (SSSR count). The average molecular weight is 164 g/mol. The predicted octanol–water partition coefficient (Wildman–Crippen LogP) is -1.55. The fourth-order valence-electron chi connectivity index (χ4n) is 0.849. The molecule has 1 aliphatic rings. The maximum absolute atomic E-state index is 10.5. The van der Waals surface area contributed by atoms with Crippen LogP contribution < -0.4 is 11.1 Å². The predicted molar refractivity (Wildman–Crippen MR) is 35.2 cm³/mol. The zero-order valence-corrected chi connectivity index (χ0v) is 6.02. The van der Waals surface area contributed by atoms with Crippen molar-refractivity contribution in [2.24, 2.45) is 5.73 Å². The van der Waals surface area contributed by atoms with Crippen LogP contribution in [0.25, 0.3) is 0 Å². The van der Waals surface area contributed by atoms with Gasteiger partial charge in [0.2, 0.25) is 0 Å². The molecule has 0 bridgehead atoms. The fraction of sp³-hybridized carbons (Fsp3) is 0.750. The summed E-state index contributed by atoms with van der Waals surface area (Å²) >= 11 is 0. The Labute approximate surface area is 58.5 Å². The molecule has 0 aromatic carbocycles. The molecule has 3 N–H and O–H groups in total. The molecule has 0 aromatic rings. The lowest BCUT2D eigenvalue weighted by molar-refractivity contribution is 0.246. The molecule has 1 heterocycles. The van der Waals surface area contributed by atoms with Gasteiger partial charge in [-0.2, -0.15) is 0 Å². The minimum absolute atomic E-state index is 0.0237. The monoisotopic (exact) mass is 164 g/mol. The Balaban J connectivity index is 2.34. The fourth-order valence-corrected chi connectivity index (χ4v) is 2.14. The van der Waals surface area contributed by atoms with E-state index < -0.39 is 15.9 Å². The van der Waals surface area contributed by atoms with E-state index in [2.05, 4.69) is 5.32 Å². The lowest BCUT2D eigenvalue weighted by Gasteiger charge is -2.25. The van der Waals surface area contributed by atoms with Crippen LogP contribution in [0.1, 0.15) is 0 Å². The van der Waals surface area contributed by atoms with Crippen molar-refractivity contribution in [1.82, 2.24) is 5.32 Å². The molecule has 0 aromatic heterocycles. The molecule has 10 heavy (non-hydrogen) atoms. The summed E-state index contributed by atoms with van der Waals surface area (Å²) in [5.74, 6) is 0.0475. The van der Waals surface area contributed by atoms with Gasteiger partial charge < -0.3 is 11.1 Å². The molecule has 1 aliphatic heterocycles. The number of sulfone groups is 1. The highest BCUT2D eigenvalue weighted by Crippen LogP contribution is 2.09. The lowest BCUT2D eigenvalue weighted by Crippen LogP contribution is -2.54. The van der Waals surface area contributed by atoms with Gasteiger partial charge >= 0.3 is 6.03 Å². The zero-order chi connectivity index (χ0) is 7.78. The molecule has 0 spiro atoms. The molecule has 1 saturated heterocycles. The highest BCUT2D eigenvalue weighted by Gasteiger charge is 2.33. The van der Waals surface area contributed by atoms with E-state index in [1.807, 2.05) is 0 Å². The molecule has 5 nitrogen and oxygen atoms in total. The second-order valence-electron chi connectivity index (χ2n) is 2.28. The van der Waals surface area contributed by atoms with Gasteiger partial charge in [-0.15, -0.1) is 0 Å². The highest BCUT2D eigenvalue weighted by atomic mass is 32.2. The second kappa shape index (κ2) is 2.12. The Kier molecular flexibility index (Phi) is 1.55. The van der Waals surface area contributed by atoms with Gasteiger partial charge in [-0.3, -0.25) is 0 Å². The lowest BCUT2D eigenvalue weighted by atomic mass is 10.4. The Morgan fingerprint density at radius 3 is 2.30 bits per heavy atom. The summed E-state index contributed by atoms with van der Waals surface area (Å²) in [6.45, 7) is 0. The van der Waals surface area contributed by atoms with Gasteiger partial charge in [0.15, 0.2) is 9.84 Å². The number of hydrogen-bond donors (Lipinski definition) is 2. The first-order valence-corrected chi connectivity index (χ1v) is 4.58. The second-order valence-corrected chi connectivity index (χ2v) is 4.44. The van der Waals surface area contributed by atoms with Gasteiger partial charge in [0.1, 0.15) is 0 Å². The first-order chi connectivity index (χ1) is 4.49. The normalized spacial score (nSPS) is 23.2. The molecular formula is C4H8N2O3S. The maximum Gasteiger partial charge on any atom is 0.312 e. The van der Waals surface area contributed by atoms with Crippen LogP contribution in [0, 0.1) is 0 Å². The minimum Gasteiger partial charge on any atom is -0.352 e. The van der Waals surface area contributed by atoms with E-state index in [4.69, 9.17) is 5.73 Å². The third kappa shape index (κ3) is 1.60. The zero-order valence-electron chi connectivity index (χ0n) is 5.20. The van der Waals surface area contributed by atoms with E-state index in [1.54, 1.807) is 0 Å². The van der Waals surface area contributed by atoms with E-state index in [0.717, 1.165) is 0 Å². The molecule has 0 atom stereocenters. The van der Waals surface area contributed by atoms with E-state index in [-0.39, 0.29) is 17.5 Å². The van der Waals surface area contributed by atoms with Crippen LogP contribution >= 0.6 is 0 Å². The molecule has 6 heteroatoms. The van der Waals surface area contributed by atoms with E-state index in [0.29, 0.717) is 0 Å². The molecular weight excluding hydrogens is 156 g/mol. The quantitative estimate of drug-likeness (QED) is 0.491. The van der Waals surface area contributed by atoms with Gasteiger partial charge in [0, 0.05) is 0 Å². The van der Waals surface area contributed by atoms with Gasteiger partial charge in [-0.25, -0.2) is 13.2 Å². The molecule has 0 radical (unpaired) electrons. The highest BCUT2D eigenvalue weighted by molar-refractivity contribution is 7.92. The number of carbonyl (C=O) groups excluding carboxylic acids is 1. The number of urea groups is 1. The third-order valence-electron chi connectivity index (χ3n) is 1.26. The van der Waals surface area contributed by atoms with Crippen LogP contribution in [0.4, 0.5) is 4.79 Å². The summed E-state index contributed by atoms with van der Waals surface area (Å²) < 4.78 is 21.0. The number of nitrogens with two attached hydrogens (primary N) is 1. The minimum atomic E-state index is -2.85. The van der Waals surface area contributed by atoms with Crippen molar-refractivity contribution in [3.63, 3.8) is 0 Å². The Bertz CT molecular complexity index is 233. The standard InChI is InChI=1S/C4H8N2O3S/c5-4(7)6-3-1-10(8,9)2-3/h3H,1-2H2,(H3,5,6,7). The summed E-state index contributed by atoms with van der Waals surface area (Å²) in [4.78, 5) is 10.1. The summed E-state index contributed by atoms with van der Waals surface area (Å²) in [7, 11) is -2.85. The van der Waals surface area contributed by atoms with Crippen molar-refractivity contribution in [3.8, 4) is 0 Å². The van der Waals surface area contributed by atoms with E-state index in [1.165, 1.54) is 0 Å². The summed E-state index contributed by atoms with van der Waals surface area (Å²) in [6.07, 6.45) is 0. The molecule has 0 unspecified atom stereocenters. The molecule has 0 aliphatic carbocycles. The topological polar surface area (TPSA) is 89.3 Å². The first-order valence-electron chi connectivity index (χ1n) is 2.76.